The van der Waals surface area contributed by atoms with Crippen molar-refractivity contribution < 1.29 is 18.4 Å². The van der Waals surface area contributed by atoms with E-state index in [1.807, 2.05) is 62.4 Å². The van der Waals surface area contributed by atoms with Crippen molar-refractivity contribution in [1.29, 1.82) is 0 Å². The standard InChI is InChI=1S/C33H47N2O4P/c1-7-37-40(38-8-2)39-25-29-19-21-30(22-20-29)35-33(36)31-17-9-10-18-32(31)34-24-23-28(6)16-12-15-27(5)14-11-13-26(3)4/h9-10,13,15,17-23,34H,7-8,11-12,14,16,24-25H2,1-6H3,(H,35,36)/b27-15+,28-23+. The second kappa shape index (κ2) is 19.3. The molecule has 0 aliphatic heterocycles. The van der Waals surface area contributed by atoms with Crippen molar-refractivity contribution in [3.63, 3.8) is 0 Å². The van der Waals surface area contributed by atoms with Crippen molar-refractivity contribution in [2.75, 3.05) is 30.4 Å². The van der Waals surface area contributed by atoms with Crippen LogP contribution in [-0.2, 0) is 20.2 Å². The summed E-state index contributed by atoms with van der Waals surface area (Å²) >= 11 is 0. The minimum atomic E-state index is -1.35. The van der Waals surface area contributed by atoms with Crippen molar-refractivity contribution >= 4 is 25.9 Å². The van der Waals surface area contributed by atoms with Crippen LogP contribution in [0.5, 0.6) is 0 Å². The summed E-state index contributed by atoms with van der Waals surface area (Å²) in [5.74, 6) is -0.155. The van der Waals surface area contributed by atoms with Crippen LogP contribution in [-0.4, -0.2) is 25.7 Å². The van der Waals surface area contributed by atoms with Gasteiger partial charge in [0.25, 0.3) is 5.91 Å². The van der Waals surface area contributed by atoms with Crippen LogP contribution in [0.2, 0.25) is 0 Å². The van der Waals surface area contributed by atoms with E-state index in [1.54, 1.807) is 0 Å². The first kappa shape index (κ1) is 33.4. The Bertz CT molecular complexity index is 1120. The van der Waals surface area contributed by atoms with E-state index in [-0.39, 0.29) is 5.91 Å². The van der Waals surface area contributed by atoms with Crippen molar-refractivity contribution in [2.45, 2.75) is 73.8 Å². The van der Waals surface area contributed by atoms with E-state index < -0.39 is 8.60 Å². The Kier molecular flexibility index (Phi) is 16.2. The Morgan fingerprint density at radius 1 is 0.800 bits per heavy atom. The van der Waals surface area contributed by atoms with Crippen molar-refractivity contribution in [3.8, 4) is 0 Å². The second-order valence-electron chi connectivity index (χ2n) is 9.87. The lowest BCUT2D eigenvalue weighted by Crippen LogP contribution is -2.15. The van der Waals surface area contributed by atoms with Gasteiger partial charge in [0.05, 0.1) is 25.4 Å². The Hall–Kier alpha value is -2.76. The third kappa shape index (κ3) is 13.5. The molecular weight excluding hydrogens is 519 g/mol. The Morgan fingerprint density at radius 3 is 2.08 bits per heavy atom. The lowest BCUT2D eigenvalue weighted by atomic mass is 10.1. The molecule has 0 fully saturated rings. The highest BCUT2D eigenvalue weighted by atomic mass is 31.2. The summed E-state index contributed by atoms with van der Waals surface area (Å²) in [5, 5.41) is 6.41. The van der Waals surface area contributed by atoms with E-state index in [4.69, 9.17) is 13.6 Å². The van der Waals surface area contributed by atoms with Gasteiger partial charge in [0, 0.05) is 17.9 Å². The molecular formula is C33H47N2O4P. The molecule has 0 atom stereocenters. The average Bonchev–Trinajstić information content (AvgIpc) is 2.93. The first-order chi connectivity index (χ1) is 19.3. The van der Waals surface area contributed by atoms with Gasteiger partial charge in [-0.3, -0.25) is 4.79 Å². The van der Waals surface area contributed by atoms with Gasteiger partial charge in [-0.1, -0.05) is 59.2 Å². The molecule has 0 saturated carbocycles. The number of benzene rings is 2. The van der Waals surface area contributed by atoms with Crippen LogP contribution >= 0.6 is 8.60 Å². The summed E-state index contributed by atoms with van der Waals surface area (Å²) in [4.78, 5) is 13.1. The maximum absolute atomic E-state index is 13.1. The summed E-state index contributed by atoms with van der Waals surface area (Å²) in [6, 6.07) is 15.2. The molecule has 2 aromatic rings. The molecule has 2 N–H and O–H groups in total. The average molecular weight is 567 g/mol. The molecule has 0 saturated heterocycles. The maximum Gasteiger partial charge on any atom is 0.332 e. The Balaban J connectivity index is 1.86. The molecule has 7 heteroatoms. The minimum Gasteiger partial charge on any atom is -0.381 e. The van der Waals surface area contributed by atoms with Gasteiger partial charge in [0.15, 0.2) is 0 Å². The topological polar surface area (TPSA) is 68.8 Å². The number of carbonyl (C=O) groups excluding carboxylic acids is 1. The number of nitrogens with one attached hydrogen (secondary N) is 2. The number of carbonyl (C=O) groups is 1. The molecule has 0 spiro atoms. The van der Waals surface area contributed by atoms with E-state index in [1.165, 1.54) is 16.7 Å². The van der Waals surface area contributed by atoms with Gasteiger partial charge in [-0.25, -0.2) is 0 Å². The van der Waals surface area contributed by atoms with Gasteiger partial charge >= 0.3 is 8.60 Å². The van der Waals surface area contributed by atoms with Gasteiger partial charge in [-0.15, -0.1) is 0 Å². The molecule has 1 amide bonds. The van der Waals surface area contributed by atoms with Crippen LogP contribution < -0.4 is 10.6 Å². The lowest BCUT2D eigenvalue weighted by molar-refractivity contribution is 0.102. The summed E-state index contributed by atoms with van der Waals surface area (Å²) in [6.07, 6.45) is 11.2. The highest BCUT2D eigenvalue weighted by Crippen LogP contribution is 2.40. The normalized spacial score (nSPS) is 12.0. The fourth-order valence-corrected chi connectivity index (χ4v) is 4.74. The monoisotopic (exact) mass is 566 g/mol. The minimum absolute atomic E-state index is 0.155. The van der Waals surface area contributed by atoms with Crippen LogP contribution in [0.1, 0.15) is 83.1 Å². The number of rotatable bonds is 18. The summed E-state index contributed by atoms with van der Waals surface area (Å²) in [5.41, 5.74) is 7.28. The summed E-state index contributed by atoms with van der Waals surface area (Å²) < 4.78 is 16.7. The van der Waals surface area contributed by atoms with Crippen LogP contribution in [0, 0.1) is 0 Å². The van der Waals surface area contributed by atoms with Crippen LogP contribution in [0.25, 0.3) is 0 Å². The van der Waals surface area contributed by atoms with Crippen LogP contribution in [0.15, 0.2) is 83.5 Å². The highest BCUT2D eigenvalue weighted by molar-refractivity contribution is 7.41. The number of amides is 1. The fraction of sp³-hybridized carbons (Fsp3) is 0.424. The molecule has 0 aromatic heterocycles. The number of para-hydroxylation sites is 1. The molecule has 2 aromatic carbocycles. The molecule has 2 rings (SSSR count). The molecule has 0 aliphatic rings. The Labute approximate surface area is 242 Å². The third-order valence-electron chi connectivity index (χ3n) is 6.05. The molecule has 0 radical (unpaired) electrons. The van der Waals surface area contributed by atoms with E-state index in [2.05, 4.69) is 56.6 Å². The summed E-state index contributed by atoms with van der Waals surface area (Å²) in [6.45, 7) is 14.6. The zero-order chi connectivity index (χ0) is 29.2. The van der Waals surface area contributed by atoms with Gasteiger partial charge in [0.2, 0.25) is 0 Å². The molecule has 0 unspecified atom stereocenters. The van der Waals surface area contributed by atoms with Gasteiger partial charge in [-0.2, -0.15) is 0 Å². The molecule has 218 valence electrons. The van der Waals surface area contributed by atoms with E-state index >= 15 is 0 Å². The number of anilines is 2. The van der Waals surface area contributed by atoms with Crippen molar-refractivity contribution in [1.82, 2.24) is 0 Å². The maximum atomic E-state index is 13.1. The number of hydrogen-bond acceptors (Lipinski definition) is 5. The quantitative estimate of drug-likeness (QED) is 0.139. The lowest BCUT2D eigenvalue weighted by Gasteiger charge is -2.15. The van der Waals surface area contributed by atoms with Crippen molar-refractivity contribution in [3.05, 3.63) is 94.6 Å². The number of allylic oxidation sites excluding steroid dienone is 5. The van der Waals surface area contributed by atoms with Gasteiger partial charge in [0.1, 0.15) is 0 Å². The van der Waals surface area contributed by atoms with Gasteiger partial charge < -0.3 is 24.2 Å². The van der Waals surface area contributed by atoms with E-state index in [0.717, 1.165) is 42.6 Å². The molecule has 6 nitrogen and oxygen atoms in total. The predicted octanol–water partition coefficient (Wildman–Crippen LogP) is 9.59. The molecule has 0 bridgehead atoms. The molecule has 40 heavy (non-hydrogen) atoms. The molecule has 0 aliphatic carbocycles. The van der Waals surface area contributed by atoms with Crippen LogP contribution in [0.3, 0.4) is 0 Å². The van der Waals surface area contributed by atoms with Gasteiger partial charge in [-0.05, 0) is 97.1 Å². The fourth-order valence-electron chi connectivity index (χ4n) is 3.84. The van der Waals surface area contributed by atoms with Crippen LogP contribution in [0.4, 0.5) is 11.4 Å². The zero-order valence-electron chi connectivity index (χ0n) is 25.1. The first-order valence-corrected chi connectivity index (χ1v) is 15.3. The predicted molar refractivity (Wildman–Crippen MR) is 170 cm³/mol. The zero-order valence-corrected chi connectivity index (χ0v) is 26.0. The van der Waals surface area contributed by atoms with E-state index in [9.17, 15) is 4.79 Å². The Morgan fingerprint density at radius 2 is 1.43 bits per heavy atom. The van der Waals surface area contributed by atoms with E-state index in [0.29, 0.717) is 31.9 Å². The second-order valence-corrected chi connectivity index (χ2v) is 11.1. The number of hydrogen-bond donors (Lipinski definition) is 2. The smallest absolute Gasteiger partial charge is 0.332 e. The summed E-state index contributed by atoms with van der Waals surface area (Å²) in [7, 11) is -1.35. The highest BCUT2D eigenvalue weighted by Gasteiger charge is 2.13. The first-order valence-electron chi connectivity index (χ1n) is 14.2. The SMILES string of the molecule is CCOP(OCC)OCc1ccc(NC(=O)c2ccccc2NC/C=C(\C)CC/C=C(\C)CCC=C(C)C)cc1. The molecule has 0 heterocycles. The largest absolute Gasteiger partial charge is 0.381 e. The van der Waals surface area contributed by atoms with Crippen molar-refractivity contribution in [2.24, 2.45) is 0 Å². The third-order valence-corrected chi connectivity index (χ3v) is 7.33.